The topological polar surface area (TPSA) is 156 Å². The quantitative estimate of drug-likeness (QED) is 0.124. The van der Waals surface area contributed by atoms with E-state index in [0.29, 0.717) is 101 Å². The van der Waals surface area contributed by atoms with Crippen molar-refractivity contribution in [3.8, 4) is 5.75 Å². The molecule has 1 amide bonds. The predicted molar refractivity (Wildman–Crippen MR) is 116 cm³/mol. The van der Waals surface area contributed by atoms with E-state index in [0.717, 1.165) is 0 Å². The number of carbonyl (C=O) groups excluding carboxylic acids is 2. The molecule has 0 aliphatic heterocycles. The van der Waals surface area contributed by atoms with Gasteiger partial charge in [-0.05, 0) is 30.2 Å². The molecule has 0 saturated carbocycles. The van der Waals surface area contributed by atoms with Crippen LogP contribution in [0.15, 0.2) is 27.7 Å². The average Bonchev–Trinajstić information content (AvgIpc) is 3.22. The molecule has 2 rings (SSSR count). The van der Waals surface area contributed by atoms with Crippen molar-refractivity contribution < 1.29 is 33.3 Å². The SMILES string of the molecule is [N-]=[N+]=NCCOCCOCCOCCNC(=O)CCCc1cc2c(O)ccc(C=O)c2o1. The maximum absolute atomic E-state index is 11.9. The molecule has 11 nitrogen and oxygen atoms in total. The number of aromatic hydroxyl groups is 1. The van der Waals surface area contributed by atoms with Gasteiger partial charge in [-0.2, -0.15) is 0 Å². The zero-order valence-corrected chi connectivity index (χ0v) is 17.8. The molecule has 1 aromatic heterocycles. The molecule has 174 valence electrons. The Kier molecular flexibility index (Phi) is 11.6. The number of rotatable bonds is 17. The first-order chi connectivity index (χ1) is 15.7. The Morgan fingerprint density at radius 1 is 1.16 bits per heavy atom. The van der Waals surface area contributed by atoms with Crippen LogP contribution in [0.1, 0.15) is 29.0 Å². The van der Waals surface area contributed by atoms with Crippen LogP contribution < -0.4 is 5.32 Å². The molecular weight excluding hydrogens is 420 g/mol. The molecule has 0 radical (unpaired) electrons. The third-order valence-corrected chi connectivity index (χ3v) is 4.41. The van der Waals surface area contributed by atoms with Gasteiger partial charge in [0.2, 0.25) is 5.91 Å². The number of azide groups is 1. The van der Waals surface area contributed by atoms with Crippen LogP contribution in [0.3, 0.4) is 0 Å². The van der Waals surface area contributed by atoms with Crippen molar-refractivity contribution in [3.63, 3.8) is 0 Å². The van der Waals surface area contributed by atoms with Gasteiger partial charge in [-0.25, -0.2) is 0 Å². The van der Waals surface area contributed by atoms with Gasteiger partial charge < -0.3 is 29.1 Å². The van der Waals surface area contributed by atoms with Crippen LogP contribution in [0.25, 0.3) is 21.4 Å². The summed E-state index contributed by atoms with van der Waals surface area (Å²) >= 11 is 0. The van der Waals surface area contributed by atoms with Crippen LogP contribution >= 0.6 is 0 Å². The Morgan fingerprint density at radius 2 is 1.88 bits per heavy atom. The Bertz CT molecular complexity index is 909. The molecule has 1 aromatic carbocycles. The standard InChI is InChI=1S/C21H28N4O7/c22-25-24-7-9-30-11-13-31-12-10-29-8-6-23-20(28)3-1-2-17-14-18-19(27)5-4-16(15-26)21(18)32-17/h4-5,14-15,27H,1-3,6-13H2,(H,23,28). The van der Waals surface area contributed by atoms with Gasteiger partial charge in [0.25, 0.3) is 0 Å². The first-order valence-electron chi connectivity index (χ1n) is 10.4. The molecule has 0 atom stereocenters. The highest BCUT2D eigenvalue weighted by atomic mass is 16.5. The minimum Gasteiger partial charge on any atom is -0.507 e. The summed E-state index contributed by atoms with van der Waals surface area (Å²) in [5.74, 6) is 0.580. The lowest BCUT2D eigenvalue weighted by Gasteiger charge is -2.07. The lowest BCUT2D eigenvalue weighted by atomic mass is 10.1. The number of benzene rings is 1. The van der Waals surface area contributed by atoms with Crippen molar-refractivity contribution in [1.29, 1.82) is 0 Å². The van der Waals surface area contributed by atoms with Gasteiger partial charge in [-0.15, -0.1) is 0 Å². The Labute approximate surface area is 185 Å². The minimum absolute atomic E-state index is 0.0549. The molecule has 0 bridgehead atoms. The van der Waals surface area contributed by atoms with Gasteiger partial charge in [-0.1, -0.05) is 5.11 Å². The van der Waals surface area contributed by atoms with E-state index in [1.54, 1.807) is 6.07 Å². The highest BCUT2D eigenvalue weighted by molar-refractivity contribution is 5.97. The fourth-order valence-electron chi connectivity index (χ4n) is 2.86. The summed E-state index contributed by atoms with van der Waals surface area (Å²) in [5.41, 5.74) is 8.84. The second-order valence-corrected chi connectivity index (χ2v) is 6.74. The van der Waals surface area contributed by atoms with Crippen molar-refractivity contribution in [2.45, 2.75) is 19.3 Å². The molecule has 2 N–H and O–H groups in total. The van der Waals surface area contributed by atoms with E-state index in [2.05, 4.69) is 15.3 Å². The molecule has 2 aromatic rings. The molecule has 0 aliphatic carbocycles. The van der Waals surface area contributed by atoms with Gasteiger partial charge in [-0.3, -0.25) is 9.59 Å². The summed E-state index contributed by atoms with van der Waals surface area (Å²) in [5, 5.41) is 16.5. The van der Waals surface area contributed by atoms with E-state index in [9.17, 15) is 14.7 Å². The number of phenols is 1. The van der Waals surface area contributed by atoms with E-state index >= 15 is 0 Å². The van der Waals surface area contributed by atoms with Crippen molar-refractivity contribution in [2.24, 2.45) is 5.11 Å². The normalized spacial score (nSPS) is 10.8. The van der Waals surface area contributed by atoms with E-state index in [1.165, 1.54) is 12.1 Å². The maximum Gasteiger partial charge on any atom is 0.220 e. The second kappa shape index (κ2) is 14.8. The molecule has 0 aliphatic rings. The maximum atomic E-state index is 11.9. The van der Waals surface area contributed by atoms with Crippen LogP contribution in [-0.4, -0.2) is 70.0 Å². The Balaban J connectivity index is 1.48. The number of hydrogen-bond donors (Lipinski definition) is 2. The van der Waals surface area contributed by atoms with E-state index < -0.39 is 0 Å². The number of ether oxygens (including phenoxy) is 3. The number of hydrogen-bond acceptors (Lipinski definition) is 8. The number of amides is 1. The van der Waals surface area contributed by atoms with Gasteiger partial charge in [0, 0.05) is 30.8 Å². The Morgan fingerprint density at radius 3 is 2.59 bits per heavy atom. The van der Waals surface area contributed by atoms with E-state index in [4.69, 9.17) is 24.2 Å². The molecular formula is C21H28N4O7. The monoisotopic (exact) mass is 448 g/mol. The molecule has 0 saturated heterocycles. The molecule has 0 fully saturated rings. The molecule has 0 spiro atoms. The fraction of sp³-hybridized carbons (Fsp3) is 0.524. The van der Waals surface area contributed by atoms with E-state index in [1.807, 2.05) is 0 Å². The Hall–Kier alpha value is -3.11. The fourth-order valence-corrected chi connectivity index (χ4v) is 2.86. The number of phenolic OH excluding ortho intramolecular Hbond substituents is 1. The second-order valence-electron chi connectivity index (χ2n) is 6.74. The summed E-state index contributed by atoms with van der Waals surface area (Å²) < 4.78 is 21.5. The van der Waals surface area contributed by atoms with Crippen molar-refractivity contribution in [1.82, 2.24) is 5.32 Å². The lowest BCUT2D eigenvalue weighted by Crippen LogP contribution is -2.27. The minimum atomic E-state index is -0.0877. The molecule has 1 heterocycles. The third kappa shape index (κ3) is 8.94. The first kappa shape index (κ1) is 25.2. The van der Waals surface area contributed by atoms with Crippen molar-refractivity contribution >= 4 is 23.2 Å². The summed E-state index contributed by atoms with van der Waals surface area (Å²) in [4.78, 5) is 25.6. The largest absolute Gasteiger partial charge is 0.507 e. The van der Waals surface area contributed by atoms with Crippen LogP contribution in [0.2, 0.25) is 0 Å². The smallest absolute Gasteiger partial charge is 0.220 e. The van der Waals surface area contributed by atoms with Gasteiger partial charge in [0.05, 0.1) is 50.6 Å². The van der Waals surface area contributed by atoms with Crippen LogP contribution in [0, 0.1) is 0 Å². The van der Waals surface area contributed by atoms with Gasteiger partial charge in [0.15, 0.2) is 6.29 Å². The highest BCUT2D eigenvalue weighted by Crippen LogP contribution is 2.30. The van der Waals surface area contributed by atoms with Crippen LogP contribution in [-0.2, 0) is 25.4 Å². The van der Waals surface area contributed by atoms with Crippen molar-refractivity contribution in [3.05, 3.63) is 40.0 Å². The summed E-state index contributed by atoms with van der Waals surface area (Å²) in [7, 11) is 0. The lowest BCUT2D eigenvalue weighted by molar-refractivity contribution is -0.121. The highest BCUT2D eigenvalue weighted by Gasteiger charge is 2.12. The summed E-state index contributed by atoms with van der Waals surface area (Å²) in [6.45, 7) is 3.15. The number of furan rings is 1. The zero-order valence-electron chi connectivity index (χ0n) is 17.8. The third-order valence-electron chi connectivity index (χ3n) is 4.41. The molecule has 32 heavy (non-hydrogen) atoms. The van der Waals surface area contributed by atoms with Gasteiger partial charge in [0.1, 0.15) is 17.1 Å². The number of carbonyl (C=O) groups is 2. The van der Waals surface area contributed by atoms with Crippen molar-refractivity contribution in [2.75, 3.05) is 52.7 Å². The summed E-state index contributed by atoms with van der Waals surface area (Å²) in [6.07, 6.45) is 2.10. The van der Waals surface area contributed by atoms with Gasteiger partial charge >= 0.3 is 0 Å². The number of nitrogens with zero attached hydrogens (tertiary/aromatic N) is 3. The number of fused-ring (bicyclic) bond motifs is 1. The average molecular weight is 448 g/mol. The van der Waals surface area contributed by atoms with Crippen LogP contribution in [0.4, 0.5) is 0 Å². The predicted octanol–water partition coefficient (Wildman–Crippen LogP) is 2.75. The van der Waals surface area contributed by atoms with E-state index in [-0.39, 0.29) is 11.7 Å². The summed E-state index contributed by atoms with van der Waals surface area (Å²) in [6, 6.07) is 4.66. The number of aryl methyl sites for hydroxylation is 1. The molecule has 0 unspecified atom stereocenters. The molecule has 11 heteroatoms. The number of nitrogens with one attached hydrogen (secondary N) is 1. The number of aldehydes is 1. The van der Waals surface area contributed by atoms with Crippen LogP contribution in [0.5, 0.6) is 5.75 Å². The zero-order chi connectivity index (χ0) is 23.0. The first-order valence-corrected chi connectivity index (χ1v) is 10.4.